The number of hydrogen-bond acceptors (Lipinski definition) is 4. The number of methoxy groups -OCH3 is 1. The molecule has 0 heterocycles. The van der Waals surface area contributed by atoms with Gasteiger partial charge in [0.1, 0.15) is 5.75 Å². The summed E-state index contributed by atoms with van der Waals surface area (Å²) in [5.41, 5.74) is 1.79. The van der Waals surface area contributed by atoms with Crippen LogP contribution in [0.5, 0.6) is 5.75 Å². The number of anilines is 2. The largest absolute Gasteiger partial charge is 0.497 e. The Bertz CT molecular complexity index is 1130. The van der Waals surface area contributed by atoms with E-state index in [1.165, 1.54) is 13.2 Å². The van der Waals surface area contributed by atoms with E-state index in [9.17, 15) is 13.2 Å². The van der Waals surface area contributed by atoms with Gasteiger partial charge in [-0.1, -0.05) is 22.0 Å². The van der Waals surface area contributed by atoms with Gasteiger partial charge in [0, 0.05) is 21.4 Å². The minimum atomic E-state index is -3.88. The van der Waals surface area contributed by atoms with Crippen molar-refractivity contribution in [3.8, 4) is 5.75 Å². The van der Waals surface area contributed by atoms with Crippen LogP contribution < -0.4 is 14.8 Å². The first-order chi connectivity index (χ1) is 13.8. The summed E-state index contributed by atoms with van der Waals surface area (Å²) in [6.07, 6.45) is 0. The maximum atomic E-state index is 12.9. The molecule has 6 nitrogen and oxygen atoms in total. The Morgan fingerprint density at radius 3 is 2.17 bits per heavy atom. The summed E-state index contributed by atoms with van der Waals surface area (Å²) in [6.45, 7) is 1.68. The third-order valence-corrected chi connectivity index (χ3v) is 6.24. The van der Waals surface area contributed by atoms with E-state index >= 15 is 0 Å². The van der Waals surface area contributed by atoms with Gasteiger partial charge in [-0.15, -0.1) is 0 Å². The summed E-state index contributed by atoms with van der Waals surface area (Å²) < 4.78 is 34.2. The molecule has 0 unspecified atom stereocenters. The van der Waals surface area contributed by atoms with Gasteiger partial charge in [-0.05, 0) is 73.2 Å². The van der Waals surface area contributed by atoms with E-state index in [2.05, 4.69) is 26.0 Å². The van der Waals surface area contributed by atoms with E-state index in [1.807, 2.05) is 0 Å². The normalized spacial score (nSPS) is 11.0. The van der Waals surface area contributed by atoms with Gasteiger partial charge >= 0.3 is 0 Å². The second kappa shape index (κ2) is 8.67. The van der Waals surface area contributed by atoms with Crippen LogP contribution in [0.2, 0.25) is 0 Å². The molecule has 2 N–H and O–H groups in total. The first kappa shape index (κ1) is 20.9. The van der Waals surface area contributed by atoms with Gasteiger partial charge < -0.3 is 10.1 Å². The van der Waals surface area contributed by atoms with E-state index in [-0.39, 0.29) is 10.5 Å². The molecule has 0 radical (unpaired) electrons. The molecule has 3 aromatic carbocycles. The summed E-state index contributed by atoms with van der Waals surface area (Å²) >= 11 is 3.34. The van der Waals surface area contributed by atoms with Gasteiger partial charge in [-0.2, -0.15) is 0 Å². The van der Waals surface area contributed by atoms with E-state index < -0.39 is 15.9 Å². The first-order valence-electron chi connectivity index (χ1n) is 8.63. The van der Waals surface area contributed by atoms with Crippen LogP contribution in [-0.2, 0) is 10.0 Å². The quantitative estimate of drug-likeness (QED) is 0.536. The van der Waals surface area contributed by atoms with Crippen molar-refractivity contribution in [1.29, 1.82) is 0 Å². The summed E-state index contributed by atoms with van der Waals surface area (Å²) in [7, 11) is -2.34. The third-order valence-electron chi connectivity index (χ3n) is 4.18. The molecule has 150 valence electrons. The fourth-order valence-electron chi connectivity index (χ4n) is 2.64. The predicted molar refractivity (Wildman–Crippen MR) is 117 cm³/mol. The Morgan fingerprint density at radius 2 is 1.55 bits per heavy atom. The first-order valence-corrected chi connectivity index (χ1v) is 10.9. The van der Waals surface area contributed by atoms with Crippen molar-refractivity contribution in [2.45, 2.75) is 11.8 Å². The van der Waals surface area contributed by atoms with Crippen molar-refractivity contribution in [2.24, 2.45) is 0 Å². The molecule has 0 atom stereocenters. The minimum Gasteiger partial charge on any atom is -0.497 e. The van der Waals surface area contributed by atoms with Crippen LogP contribution in [0, 0.1) is 6.92 Å². The topological polar surface area (TPSA) is 84.5 Å². The van der Waals surface area contributed by atoms with Crippen LogP contribution in [0.1, 0.15) is 15.9 Å². The van der Waals surface area contributed by atoms with E-state index in [0.29, 0.717) is 22.7 Å². The number of nitrogens with one attached hydrogen (secondary N) is 2. The molecule has 0 fully saturated rings. The van der Waals surface area contributed by atoms with Gasteiger partial charge in [0.15, 0.2) is 0 Å². The molecule has 3 rings (SSSR count). The number of halogens is 1. The van der Waals surface area contributed by atoms with Crippen molar-refractivity contribution in [3.05, 3.63) is 82.3 Å². The van der Waals surface area contributed by atoms with E-state index in [0.717, 1.165) is 4.47 Å². The molecule has 0 saturated carbocycles. The Hall–Kier alpha value is -2.84. The SMILES string of the molecule is COc1ccc(NS(=O)(=O)c2cc(C(=O)Nc3ccc(Br)cc3)ccc2C)cc1. The van der Waals surface area contributed by atoms with Crippen molar-refractivity contribution in [1.82, 2.24) is 0 Å². The maximum Gasteiger partial charge on any atom is 0.262 e. The average Bonchev–Trinajstić information content (AvgIpc) is 2.70. The zero-order chi connectivity index (χ0) is 21.0. The smallest absolute Gasteiger partial charge is 0.262 e. The number of rotatable bonds is 6. The highest BCUT2D eigenvalue weighted by atomic mass is 79.9. The lowest BCUT2D eigenvalue weighted by atomic mass is 10.1. The molecular weight excluding hydrogens is 456 g/mol. The van der Waals surface area contributed by atoms with Crippen molar-refractivity contribution >= 4 is 43.2 Å². The van der Waals surface area contributed by atoms with Crippen molar-refractivity contribution in [3.63, 3.8) is 0 Å². The molecule has 0 aliphatic rings. The maximum absolute atomic E-state index is 12.9. The highest BCUT2D eigenvalue weighted by Gasteiger charge is 2.19. The zero-order valence-corrected chi connectivity index (χ0v) is 18.2. The van der Waals surface area contributed by atoms with Crippen LogP contribution in [0.25, 0.3) is 0 Å². The molecule has 8 heteroatoms. The van der Waals surface area contributed by atoms with Crippen LogP contribution in [0.4, 0.5) is 11.4 Å². The van der Waals surface area contributed by atoms with Gasteiger partial charge in [0.05, 0.1) is 12.0 Å². The number of benzene rings is 3. The Balaban J connectivity index is 1.84. The fourth-order valence-corrected chi connectivity index (χ4v) is 4.23. The Kier molecular flexibility index (Phi) is 6.24. The van der Waals surface area contributed by atoms with E-state index in [1.54, 1.807) is 67.6 Å². The number of aryl methyl sites for hydroxylation is 1. The number of carbonyl (C=O) groups is 1. The van der Waals surface area contributed by atoms with Crippen LogP contribution in [0.15, 0.2) is 76.1 Å². The molecule has 1 amide bonds. The number of carbonyl (C=O) groups excluding carboxylic acids is 1. The number of amides is 1. The molecule has 0 aliphatic carbocycles. The lowest BCUT2D eigenvalue weighted by molar-refractivity contribution is 0.102. The summed E-state index contributed by atoms with van der Waals surface area (Å²) in [6, 6.07) is 18.2. The fraction of sp³-hybridized carbons (Fsp3) is 0.0952. The zero-order valence-electron chi connectivity index (χ0n) is 15.8. The molecular formula is C21H19BrN2O4S. The lowest BCUT2D eigenvalue weighted by Gasteiger charge is -2.13. The Morgan fingerprint density at radius 1 is 0.931 bits per heavy atom. The van der Waals surface area contributed by atoms with Crippen LogP contribution >= 0.6 is 15.9 Å². The monoisotopic (exact) mass is 474 g/mol. The van der Waals surface area contributed by atoms with Crippen LogP contribution in [-0.4, -0.2) is 21.4 Å². The summed E-state index contributed by atoms with van der Waals surface area (Å²) in [4.78, 5) is 12.6. The van der Waals surface area contributed by atoms with Crippen molar-refractivity contribution in [2.75, 3.05) is 17.1 Å². The predicted octanol–water partition coefficient (Wildman–Crippen LogP) is 4.82. The molecule has 0 spiro atoms. The van der Waals surface area contributed by atoms with Gasteiger partial charge in [0.25, 0.3) is 15.9 Å². The second-order valence-corrected chi connectivity index (χ2v) is 8.84. The standard InChI is InChI=1S/C21H19BrN2O4S/c1-14-3-4-15(21(25)23-17-7-5-16(22)6-8-17)13-20(14)29(26,27)24-18-9-11-19(28-2)12-10-18/h3-13,24H,1-2H3,(H,23,25). The number of ether oxygens (including phenoxy) is 1. The second-order valence-electron chi connectivity index (χ2n) is 6.28. The molecule has 0 aromatic heterocycles. The van der Waals surface area contributed by atoms with Gasteiger partial charge in [-0.25, -0.2) is 8.42 Å². The average molecular weight is 475 g/mol. The number of hydrogen-bond donors (Lipinski definition) is 2. The summed E-state index contributed by atoms with van der Waals surface area (Å²) in [5.74, 6) is 0.226. The highest BCUT2D eigenvalue weighted by Crippen LogP contribution is 2.23. The highest BCUT2D eigenvalue weighted by molar-refractivity contribution is 9.10. The minimum absolute atomic E-state index is 0.0387. The molecule has 29 heavy (non-hydrogen) atoms. The Labute approximate surface area is 178 Å². The molecule has 0 bridgehead atoms. The van der Waals surface area contributed by atoms with Gasteiger partial charge in [0.2, 0.25) is 0 Å². The molecule has 0 aliphatic heterocycles. The number of sulfonamides is 1. The molecule has 3 aromatic rings. The van der Waals surface area contributed by atoms with E-state index in [4.69, 9.17) is 4.74 Å². The van der Waals surface area contributed by atoms with Gasteiger partial charge in [-0.3, -0.25) is 9.52 Å². The summed E-state index contributed by atoms with van der Waals surface area (Å²) in [5, 5.41) is 2.76. The molecule has 0 saturated heterocycles. The lowest BCUT2D eigenvalue weighted by Crippen LogP contribution is -2.17. The third kappa shape index (κ3) is 5.16. The van der Waals surface area contributed by atoms with Crippen LogP contribution in [0.3, 0.4) is 0 Å². The van der Waals surface area contributed by atoms with Crippen molar-refractivity contribution < 1.29 is 17.9 Å².